The third-order valence-electron chi connectivity index (χ3n) is 5.16. The number of aromatic hydroxyl groups is 2. The topological polar surface area (TPSA) is 118 Å². The second kappa shape index (κ2) is 6.13. The van der Waals surface area contributed by atoms with Gasteiger partial charge in [0.1, 0.15) is 11.5 Å². The first kappa shape index (κ1) is 18.6. The lowest BCUT2D eigenvalue weighted by Crippen LogP contribution is -2.32. The van der Waals surface area contributed by atoms with Crippen LogP contribution in [0.3, 0.4) is 0 Å². The average Bonchev–Trinajstić information content (AvgIpc) is 2.62. The van der Waals surface area contributed by atoms with Crippen LogP contribution in [0.1, 0.15) is 65.0 Å². The van der Waals surface area contributed by atoms with E-state index in [1.807, 2.05) is 0 Å². The van der Waals surface area contributed by atoms with Crippen LogP contribution in [0.4, 0.5) is 0 Å². The van der Waals surface area contributed by atoms with E-state index in [1.165, 1.54) is 25.1 Å². The van der Waals surface area contributed by atoms with E-state index in [4.69, 9.17) is 4.74 Å². The molecular weight excluding hydrogens is 376 g/mol. The highest BCUT2D eigenvalue weighted by Gasteiger charge is 2.38. The van der Waals surface area contributed by atoms with E-state index in [-0.39, 0.29) is 39.1 Å². The number of hydrogen-bond donors (Lipinski definition) is 2. The number of benzene rings is 2. The second-order valence-electron chi connectivity index (χ2n) is 7.21. The second-order valence-corrected chi connectivity index (χ2v) is 7.21. The van der Waals surface area contributed by atoms with Gasteiger partial charge < -0.3 is 14.9 Å². The Morgan fingerprint density at radius 2 is 1.59 bits per heavy atom. The molecule has 1 aliphatic heterocycles. The minimum absolute atomic E-state index is 0.00370. The zero-order chi connectivity index (χ0) is 21.2. The quantitative estimate of drug-likeness (QED) is 0.717. The lowest BCUT2D eigenvalue weighted by Gasteiger charge is -2.25. The van der Waals surface area contributed by atoms with Gasteiger partial charge in [-0.05, 0) is 56.2 Å². The number of Topliss-reactive ketones (excluding diaryl/α,β-unsaturated/α-hetero) is 2. The summed E-state index contributed by atoms with van der Waals surface area (Å²) >= 11 is 0. The molecule has 0 amide bonds. The number of aryl methyl sites for hydroxylation is 2. The molecule has 0 unspecified atom stereocenters. The lowest BCUT2D eigenvalue weighted by atomic mass is 9.81. The average molecular weight is 392 g/mol. The standard InChI is InChI=1S/C22H16O7/c1-8-4-11-17(14(23)5-8)15(24)7-12(20(11)26)16-9(2)6-13-18(21(16)27)19(25)10(3)29-22(13)28/h4-7,10,23,27H,1-3H3/t10-/m0/s1. The van der Waals surface area contributed by atoms with Crippen LogP contribution in [0.15, 0.2) is 24.3 Å². The molecule has 146 valence electrons. The van der Waals surface area contributed by atoms with Crippen LogP contribution in [0.5, 0.6) is 11.5 Å². The van der Waals surface area contributed by atoms with Gasteiger partial charge in [0.05, 0.1) is 16.7 Å². The third kappa shape index (κ3) is 2.58. The Hall–Kier alpha value is -3.74. The Morgan fingerprint density at radius 3 is 2.28 bits per heavy atom. The van der Waals surface area contributed by atoms with E-state index < -0.39 is 35.2 Å². The van der Waals surface area contributed by atoms with Crippen LogP contribution in [0.2, 0.25) is 0 Å². The molecule has 0 fully saturated rings. The van der Waals surface area contributed by atoms with Gasteiger partial charge in [0, 0.05) is 16.7 Å². The molecule has 1 atom stereocenters. The van der Waals surface area contributed by atoms with Crippen molar-refractivity contribution in [1.29, 1.82) is 0 Å². The maximum atomic E-state index is 13.1. The van der Waals surface area contributed by atoms with Crippen LogP contribution in [-0.2, 0) is 4.74 Å². The molecule has 4 rings (SSSR count). The fourth-order valence-corrected chi connectivity index (χ4v) is 3.84. The van der Waals surface area contributed by atoms with E-state index >= 15 is 0 Å². The largest absolute Gasteiger partial charge is 0.507 e. The van der Waals surface area contributed by atoms with E-state index in [1.54, 1.807) is 13.8 Å². The molecule has 1 heterocycles. The van der Waals surface area contributed by atoms with Gasteiger partial charge in [-0.2, -0.15) is 0 Å². The van der Waals surface area contributed by atoms with E-state index in [2.05, 4.69) is 0 Å². The summed E-state index contributed by atoms with van der Waals surface area (Å²) < 4.78 is 4.97. The van der Waals surface area contributed by atoms with Gasteiger partial charge in [-0.15, -0.1) is 0 Å². The Labute approximate surface area is 165 Å². The predicted molar refractivity (Wildman–Crippen MR) is 102 cm³/mol. The zero-order valence-electron chi connectivity index (χ0n) is 15.8. The smallest absolute Gasteiger partial charge is 0.339 e. The molecular formula is C22H16O7. The molecule has 7 nitrogen and oxygen atoms in total. The van der Waals surface area contributed by atoms with Crippen molar-refractivity contribution < 1.29 is 34.1 Å². The van der Waals surface area contributed by atoms with Crippen molar-refractivity contribution in [2.75, 3.05) is 0 Å². The molecule has 1 aliphatic carbocycles. The van der Waals surface area contributed by atoms with Crippen molar-refractivity contribution in [3.63, 3.8) is 0 Å². The van der Waals surface area contributed by atoms with Gasteiger partial charge in [0.2, 0.25) is 5.78 Å². The number of carbonyl (C=O) groups excluding carboxylic acids is 4. The molecule has 2 N–H and O–H groups in total. The van der Waals surface area contributed by atoms with Crippen molar-refractivity contribution in [2.24, 2.45) is 0 Å². The number of esters is 1. The van der Waals surface area contributed by atoms with Crippen LogP contribution in [-0.4, -0.2) is 39.6 Å². The number of ether oxygens (including phenoxy) is 1. The molecule has 0 spiro atoms. The summed E-state index contributed by atoms with van der Waals surface area (Å²) in [6.45, 7) is 4.61. The minimum Gasteiger partial charge on any atom is -0.507 e. The van der Waals surface area contributed by atoms with E-state index in [9.17, 15) is 29.4 Å². The highest BCUT2D eigenvalue weighted by Crippen LogP contribution is 2.41. The van der Waals surface area contributed by atoms with Gasteiger partial charge in [-0.3, -0.25) is 14.4 Å². The number of phenols is 2. The van der Waals surface area contributed by atoms with E-state index in [0.29, 0.717) is 11.1 Å². The SMILES string of the molecule is Cc1cc(O)c2c(c1)C(=O)C(c1c(C)cc3c(c1O)C(=O)[C@H](C)OC3=O)=CC2=O. The molecule has 0 bridgehead atoms. The molecule has 2 aromatic rings. The van der Waals surface area contributed by atoms with Gasteiger partial charge >= 0.3 is 5.97 Å². The number of hydrogen-bond acceptors (Lipinski definition) is 7. The summed E-state index contributed by atoms with van der Waals surface area (Å²) in [7, 11) is 0. The van der Waals surface area contributed by atoms with Gasteiger partial charge in [-0.1, -0.05) is 0 Å². The van der Waals surface area contributed by atoms with Crippen molar-refractivity contribution in [1.82, 2.24) is 0 Å². The lowest BCUT2D eigenvalue weighted by molar-refractivity contribution is 0.0279. The first-order valence-corrected chi connectivity index (χ1v) is 8.88. The monoisotopic (exact) mass is 392 g/mol. The fraction of sp³-hybridized carbons (Fsp3) is 0.182. The Kier molecular flexibility index (Phi) is 3.94. The normalized spacial score (nSPS) is 18.2. The fourth-order valence-electron chi connectivity index (χ4n) is 3.84. The highest BCUT2D eigenvalue weighted by molar-refractivity contribution is 6.40. The number of allylic oxidation sites excluding steroid dienone is 2. The summed E-state index contributed by atoms with van der Waals surface area (Å²) in [5.41, 5.74) is 0.404. The minimum atomic E-state index is -1.07. The number of ketones is 3. The van der Waals surface area contributed by atoms with Crippen LogP contribution >= 0.6 is 0 Å². The molecule has 0 saturated heterocycles. The summed E-state index contributed by atoms with van der Waals surface area (Å²) in [6.07, 6.45) is -0.0436. The predicted octanol–water partition coefficient (Wildman–Crippen LogP) is 2.92. The van der Waals surface area contributed by atoms with Crippen LogP contribution < -0.4 is 0 Å². The summed E-state index contributed by atoms with van der Waals surface area (Å²) in [5.74, 6) is -3.35. The van der Waals surface area contributed by atoms with Crippen LogP contribution in [0.25, 0.3) is 5.57 Å². The number of phenolic OH excluding ortho intramolecular Hbond substituents is 2. The Balaban J connectivity index is 1.97. The summed E-state index contributed by atoms with van der Waals surface area (Å²) in [5, 5.41) is 20.9. The van der Waals surface area contributed by atoms with Crippen LogP contribution in [0, 0.1) is 13.8 Å². The van der Waals surface area contributed by atoms with Crippen molar-refractivity contribution in [3.8, 4) is 11.5 Å². The number of rotatable bonds is 1. The number of cyclic esters (lactones) is 1. The first-order valence-electron chi connectivity index (χ1n) is 8.88. The molecule has 2 aromatic carbocycles. The zero-order valence-corrected chi connectivity index (χ0v) is 15.8. The molecule has 7 heteroatoms. The van der Waals surface area contributed by atoms with Gasteiger partial charge in [0.25, 0.3) is 0 Å². The Bertz CT molecular complexity index is 1200. The highest BCUT2D eigenvalue weighted by atomic mass is 16.5. The molecule has 29 heavy (non-hydrogen) atoms. The van der Waals surface area contributed by atoms with Gasteiger partial charge in [-0.25, -0.2) is 4.79 Å². The van der Waals surface area contributed by atoms with Gasteiger partial charge in [0.15, 0.2) is 17.7 Å². The summed E-state index contributed by atoms with van der Waals surface area (Å²) in [6, 6.07) is 4.23. The first-order chi connectivity index (χ1) is 13.6. The molecule has 2 aliphatic rings. The summed E-state index contributed by atoms with van der Waals surface area (Å²) in [4.78, 5) is 50.4. The molecule has 0 radical (unpaired) electrons. The maximum absolute atomic E-state index is 13.1. The number of fused-ring (bicyclic) bond motifs is 2. The van der Waals surface area contributed by atoms with Crippen molar-refractivity contribution in [3.05, 3.63) is 63.2 Å². The van der Waals surface area contributed by atoms with Crippen molar-refractivity contribution >= 4 is 28.9 Å². The van der Waals surface area contributed by atoms with E-state index in [0.717, 1.165) is 6.08 Å². The molecule has 0 aromatic heterocycles. The molecule has 0 saturated carbocycles. The van der Waals surface area contributed by atoms with Crippen molar-refractivity contribution in [2.45, 2.75) is 26.9 Å². The Morgan fingerprint density at radius 1 is 0.897 bits per heavy atom. The third-order valence-corrected chi connectivity index (χ3v) is 5.16. The number of carbonyl (C=O) groups is 4. The maximum Gasteiger partial charge on any atom is 0.339 e.